The van der Waals surface area contributed by atoms with E-state index in [1.165, 1.54) is 0 Å². The highest BCUT2D eigenvalue weighted by Crippen LogP contribution is 2.11. The molecule has 4 aromatic carbocycles. The molecule has 0 saturated heterocycles. The van der Waals surface area contributed by atoms with Gasteiger partial charge in [-0.05, 0) is 60.8 Å². The minimum atomic E-state index is -1.32. The van der Waals surface area contributed by atoms with E-state index in [1.807, 2.05) is 72.8 Å². The normalized spacial score (nSPS) is 11.5. The summed E-state index contributed by atoms with van der Waals surface area (Å²) < 4.78 is 26.3. The largest absolute Gasteiger partial charge is 0.445 e. The van der Waals surface area contributed by atoms with Crippen LogP contribution in [0.5, 0.6) is 0 Å². The first-order chi connectivity index (χ1) is 28.7. The maximum atomic E-state index is 13.5. The number of nitrogens with one attached hydrogen (secondary N) is 4. The Labute approximate surface area is 343 Å². The summed E-state index contributed by atoms with van der Waals surface area (Å²) in [6.07, 6.45) is -1.59. The number of rotatable bonds is 22. The van der Waals surface area contributed by atoms with Crippen LogP contribution in [0.15, 0.2) is 121 Å². The molecule has 59 heavy (non-hydrogen) atoms. The van der Waals surface area contributed by atoms with Gasteiger partial charge in [-0.2, -0.15) is 0 Å². The van der Waals surface area contributed by atoms with Crippen LogP contribution in [0.1, 0.15) is 60.8 Å². The van der Waals surface area contributed by atoms with E-state index in [0.29, 0.717) is 25.7 Å². The molecular weight excluding hydrogens is 761 g/mol. The van der Waals surface area contributed by atoms with Crippen LogP contribution in [0, 0.1) is 0 Å². The number of alkyl carbamates (subject to hydrolysis) is 4. The number of unbranched alkanes of at least 4 members (excludes halogenated alkanes) is 2. The van der Waals surface area contributed by atoms with Gasteiger partial charge in [-0.15, -0.1) is 0 Å². The van der Waals surface area contributed by atoms with E-state index in [1.54, 1.807) is 48.5 Å². The van der Waals surface area contributed by atoms with E-state index in [-0.39, 0.29) is 52.4 Å². The second-order valence-electron chi connectivity index (χ2n) is 13.2. The average molecular weight is 811 g/mol. The molecule has 0 bridgehead atoms. The van der Waals surface area contributed by atoms with E-state index in [9.17, 15) is 28.8 Å². The predicted octanol–water partition coefficient (Wildman–Crippen LogP) is 6.84. The van der Waals surface area contributed by atoms with Crippen LogP contribution in [0.4, 0.5) is 19.2 Å². The minimum absolute atomic E-state index is 0.0244. The van der Waals surface area contributed by atoms with Gasteiger partial charge in [0.05, 0.1) is 0 Å². The first-order valence-corrected chi connectivity index (χ1v) is 19.3. The molecule has 2 atom stereocenters. The first kappa shape index (κ1) is 44.8. The Morgan fingerprint density at radius 2 is 0.678 bits per heavy atom. The van der Waals surface area contributed by atoms with Gasteiger partial charge in [-0.25, -0.2) is 28.8 Å². The van der Waals surface area contributed by atoms with Crippen molar-refractivity contribution in [1.82, 2.24) is 21.3 Å². The fourth-order valence-corrected chi connectivity index (χ4v) is 5.43. The maximum Gasteiger partial charge on any atom is 0.408 e. The van der Waals surface area contributed by atoms with Crippen LogP contribution in [0.2, 0.25) is 0 Å². The molecule has 0 fully saturated rings. The molecule has 15 heteroatoms. The van der Waals surface area contributed by atoms with Gasteiger partial charge in [-0.3, -0.25) is 0 Å². The Hall–Kier alpha value is -6.90. The third-order valence-corrected chi connectivity index (χ3v) is 8.58. The van der Waals surface area contributed by atoms with Gasteiger partial charge in [0.15, 0.2) is 0 Å². The van der Waals surface area contributed by atoms with Gasteiger partial charge in [-0.1, -0.05) is 121 Å². The van der Waals surface area contributed by atoms with Gasteiger partial charge in [0.25, 0.3) is 0 Å². The number of carbonyl (C=O) groups excluding carboxylic acids is 6. The van der Waals surface area contributed by atoms with Crippen molar-refractivity contribution in [1.29, 1.82) is 0 Å². The standard InChI is InChI=1S/C44H50N4O11/c49-39(37(47-43(53)57-31-35-21-9-3-10-22-35)25-13-15-27-45-41(51)55-29-33-17-5-1-6-18-33)59-40(50)38(48-44(54)58-32-36-23-11-4-12-24-36)26-14-16-28-46-42(52)56-30-34-19-7-2-8-20-34/h1-12,17-24,37-38H,13-16,25-32H2,(H,45,51)(H,46,52)(H,47,53)(H,48,54)/t37-,38+. The van der Waals surface area contributed by atoms with Gasteiger partial charge >= 0.3 is 36.3 Å². The molecule has 4 rings (SSSR count). The Morgan fingerprint density at radius 3 is 0.983 bits per heavy atom. The van der Waals surface area contributed by atoms with Crippen molar-refractivity contribution in [2.24, 2.45) is 0 Å². The zero-order valence-electron chi connectivity index (χ0n) is 32.7. The number of hydrogen-bond acceptors (Lipinski definition) is 11. The van der Waals surface area contributed by atoms with Crippen molar-refractivity contribution in [3.63, 3.8) is 0 Å². The molecule has 0 aliphatic carbocycles. The molecule has 0 saturated carbocycles. The highest BCUT2D eigenvalue weighted by molar-refractivity contribution is 5.93. The number of ether oxygens (including phenoxy) is 5. The second-order valence-corrected chi connectivity index (χ2v) is 13.2. The predicted molar refractivity (Wildman–Crippen MR) is 215 cm³/mol. The number of hydrogen-bond donors (Lipinski definition) is 4. The molecule has 0 unspecified atom stereocenters. The molecule has 0 aromatic heterocycles. The number of benzene rings is 4. The average Bonchev–Trinajstić information content (AvgIpc) is 3.26. The highest BCUT2D eigenvalue weighted by Gasteiger charge is 2.30. The number of carbonyl (C=O) groups is 6. The molecule has 15 nitrogen and oxygen atoms in total. The summed E-state index contributed by atoms with van der Waals surface area (Å²) in [5, 5.41) is 10.2. The van der Waals surface area contributed by atoms with Crippen LogP contribution >= 0.6 is 0 Å². The van der Waals surface area contributed by atoms with Crippen molar-refractivity contribution in [2.45, 2.75) is 77.0 Å². The molecule has 4 amide bonds. The molecular formula is C44H50N4O11. The van der Waals surface area contributed by atoms with Crippen molar-refractivity contribution >= 4 is 36.3 Å². The first-order valence-electron chi connectivity index (χ1n) is 19.3. The fraction of sp³-hybridized carbons (Fsp3) is 0.318. The van der Waals surface area contributed by atoms with E-state index < -0.39 is 48.4 Å². The molecule has 0 spiro atoms. The van der Waals surface area contributed by atoms with Gasteiger partial charge < -0.3 is 45.0 Å². The van der Waals surface area contributed by atoms with E-state index in [2.05, 4.69) is 21.3 Å². The van der Waals surface area contributed by atoms with Crippen LogP contribution in [0.3, 0.4) is 0 Å². The summed E-state index contributed by atoms with van der Waals surface area (Å²) in [6, 6.07) is 33.6. The topological polar surface area (TPSA) is 197 Å². The monoisotopic (exact) mass is 810 g/mol. The summed E-state index contributed by atoms with van der Waals surface area (Å²) in [5.74, 6) is -2.15. The summed E-state index contributed by atoms with van der Waals surface area (Å²) >= 11 is 0. The van der Waals surface area contributed by atoms with Crippen molar-refractivity contribution < 1.29 is 52.5 Å². The van der Waals surface area contributed by atoms with Crippen molar-refractivity contribution in [3.8, 4) is 0 Å². The summed E-state index contributed by atoms with van der Waals surface area (Å²) in [6.45, 7) is 0.487. The summed E-state index contributed by atoms with van der Waals surface area (Å²) in [5.41, 5.74) is 3.10. The van der Waals surface area contributed by atoms with Crippen LogP contribution in [0.25, 0.3) is 0 Å². The second kappa shape index (κ2) is 26.1. The lowest BCUT2D eigenvalue weighted by molar-refractivity contribution is -0.162. The lowest BCUT2D eigenvalue weighted by Crippen LogP contribution is -2.47. The number of esters is 2. The zero-order valence-corrected chi connectivity index (χ0v) is 32.7. The van der Waals surface area contributed by atoms with E-state index >= 15 is 0 Å². The molecule has 0 aliphatic rings. The minimum Gasteiger partial charge on any atom is -0.445 e. The Kier molecular flexibility index (Phi) is 19.8. The quantitative estimate of drug-likeness (QED) is 0.0281. The smallest absolute Gasteiger partial charge is 0.408 e. The molecule has 312 valence electrons. The van der Waals surface area contributed by atoms with E-state index in [0.717, 1.165) is 22.3 Å². The molecule has 4 aromatic rings. The lowest BCUT2D eigenvalue weighted by Gasteiger charge is -2.20. The van der Waals surface area contributed by atoms with E-state index in [4.69, 9.17) is 23.7 Å². The third-order valence-electron chi connectivity index (χ3n) is 8.58. The molecule has 0 radical (unpaired) electrons. The van der Waals surface area contributed by atoms with Crippen LogP contribution in [-0.4, -0.2) is 61.5 Å². The molecule has 0 aliphatic heterocycles. The maximum absolute atomic E-state index is 13.5. The van der Waals surface area contributed by atoms with Gasteiger partial charge in [0, 0.05) is 13.1 Å². The SMILES string of the molecule is O=C(NCCCC[C@H](NC(=O)OCc1ccccc1)C(=O)OC(=O)[C@@H](CCCCNC(=O)OCc1ccccc1)NC(=O)OCc1ccccc1)OCc1ccccc1. The fourth-order valence-electron chi connectivity index (χ4n) is 5.43. The third kappa shape index (κ3) is 18.7. The zero-order chi connectivity index (χ0) is 41.9. The molecule has 4 N–H and O–H groups in total. The highest BCUT2D eigenvalue weighted by atomic mass is 16.6. The summed E-state index contributed by atoms with van der Waals surface area (Å²) in [4.78, 5) is 76.9. The lowest BCUT2D eigenvalue weighted by atomic mass is 10.1. The number of amides is 4. The van der Waals surface area contributed by atoms with Crippen molar-refractivity contribution in [3.05, 3.63) is 144 Å². The molecule has 0 heterocycles. The van der Waals surface area contributed by atoms with Gasteiger partial charge in [0.2, 0.25) is 0 Å². The van der Waals surface area contributed by atoms with Crippen molar-refractivity contribution in [2.75, 3.05) is 13.1 Å². The Morgan fingerprint density at radius 1 is 0.390 bits per heavy atom. The van der Waals surface area contributed by atoms with Crippen LogP contribution in [-0.2, 0) is 59.7 Å². The van der Waals surface area contributed by atoms with Crippen LogP contribution < -0.4 is 21.3 Å². The Balaban J connectivity index is 1.31. The van der Waals surface area contributed by atoms with Gasteiger partial charge in [0.1, 0.15) is 38.5 Å². The Bertz CT molecular complexity index is 1750. The summed E-state index contributed by atoms with van der Waals surface area (Å²) in [7, 11) is 0.